The Kier molecular flexibility index (Phi) is 5.61. The summed E-state index contributed by atoms with van der Waals surface area (Å²) in [5.41, 5.74) is 4.47. The number of piperazine rings is 1. The van der Waals surface area contributed by atoms with E-state index in [0.29, 0.717) is 24.7 Å². The van der Waals surface area contributed by atoms with E-state index in [1.807, 2.05) is 4.90 Å². The van der Waals surface area contributed by atoms with Crippen molar-refractivity contribution in [1.29, 1.82) is 0 Å². The van der Waals surface area contributed by atoms with Crippen molar-refractivity contribution in [3.63, 3.8) is 0 Å². The van der Waals surface area contributed by atoms with Gasteiger partial charge in [0.25, 0.3) is 5.91 Å². The number of hydrogen-bond acceptors (Lipinski definition) is 3. The molecule has 1 saturated heterocycles. The fraction of sp³-hybridized carbons (Fsp3) is 0.364. The Hall–Kier alpha value is -2.66. The minimum Gasteiger partial charge on any atom is -0.478 e. The number of nitrogens with zero attached hydrogens (tertiary/aromatic N) is 2. The number of carboxylic acids is 1. The number of aromatic carboxylic acids is 1. The largest absolute Gasteiger partial charge is 0.478 e. The molecule has 0 aliphatic carbocycles. The van der Waals surface area contributed by atoms with Gasteiger partial charge >= 0.3 is 5.97 Å². The quantitative estimate of drug-likeness (QED) is 0.899. The molecule has 1 atom stereocenters. The Morgan fingerprint density at radius 1 is 0.926 bits per heavy atom. The SMILES string of the molecule is Cc1ccc(C(C)N2CCN(C(=O)c3cccc(C(=O)O)c3)CC2)cc1C. The summed E-state index contributed by atoms with van der Waals surface area (Å²) in [7, 11) is 0. The smallest absolute Gasteiger partial charge is 0.335 e. The van der Waals surface area contributed by atoms with Crippen molar-refractivity contribution in [3.8, 4) is 0 Å². The highest BCUT2D eigenvalue weighted by atomic mass is 16.4. The Morgan fingerprint density at radius 3 is 2.22 bits per heavy atom. The van der Waals surface area contributed by atoms with Crippen molar-refractivity contribution >= 4 is 11.9 Å². The average molecular weight is 366 g/mol. The maximum Gasteiger partial charge on any atom is 0.335 e. The van der Waals surface area contributed by atoms with Gasteiger partial charge < -0.3 is 10.0 Å². The van der Waals surface area contributed by atoms with Gasteiger partial charge in [0.1, 0.15) is 0 Å². The van der Waals surface area contributed by atoms with Crippen LogP contribution in [0.5, 0.6) is 0 Å². The number of benzene rings is 2. The van der Waals surface area contributed by atoms with Crippen molar-refractivity contribution in [1.82, 2.24) is 9.80 Å². The zero-order valence-corrected chi connectivity index (χ0v) is 16.1. The molecular formula is C22H26N2O3. The highest BCUT2D eigenvalue weighted by molar-refractivity contribution is 5.97. The molecule has 5 heteroatoms. The second-order valence-electron chi connectivity index (χ2n) is 7.23. The summed E-state index contributed by atoms with van der Waals surface area (Å²) in [4.78, 5) is 28.0. The zero-order valence-electron chi connectivity index (χ0n) is 16.1. The molecule has 3 rings (SSSR count). The Balaban J connectivity index is 1.64. The maximum atomic E-state index is 12.7. The highest BCUT2D eigenvalue weighted by Gasteiger charge is 2.25. The van der Waals surface area contributed by atoms with E-state index in [1.54, 1.807) is 12.1 Å². The minimum absolute atomic E-state index is 0.100. The predicted octanol–water partition coefficient (Wildman–Crippen LogP) is 3.52. The van der Waals surface area contributed by atoms with Crippen molar-refractivity contribution < 1.29 is 14.7 Å². The number of hydrogen-bond donors (Lipinski definition) is 1. The van der Waals surface area contributed by atoms with E-state index >= 15 is 0 Å². The molecular weight excluding hydrogens is 340 g/mol. The third-order valence-corrected chi connectivity index (χ3v) is 5.52. The average Bonchev–Trinajstić information content (AvgIpc) is 2.69. The number of amides is 1. The van der Waals surface area contributed by atoms with Crippen molar-refractivity contribution in [2.45, 2.75) is 26.8 Å². The molecule has 27 heavy (non-hydrogen) atoms. The first-order chi connectivity index (χ1) is 12.9. The normalized spacial score (nSPS) is 16.2. The van der Waals surface area contributed by atoms with Gasteiger partial charge in [0.05, 0.1) is 5.56 Å². The van der Waals surface area contributed by atoms with Gasteiger partial charge in [-0.2, -0.15) is 0 Å². The van der Waals surface area contributed by atoms with Gasteiger partial charge in [0.15, 0.2) is 0 Å². The molecule has 1 unspecified atom stereocenters. The lowest BCUT2D eigenvalue weighted by molar-refractivity contribution is 0.0582. The van der Waals surface area contributed by atoms with E-state index in [0.717, 1.165) is 13.1 Å². The predicted molar refractivity (Wildman–Crippen MR) is 105 cm³/mol. The van der Waals surface area contributed by atoms with Crippen LogP contribution in [0.2, 0.25) is 0 Å². The summed E-state index contributed by atoms with van der Waals surface area (Å²) in [6.07, 6.45) is 0. The van der Waals surface area contributed by atoms with Gasteiger partial charge in [-0.15, -0.1) is 0 Å². The van der Waals surface area contributed by atoms with Crippen LogP contribution >= 0.6 is 0 Å². The van der Waals surface area contributed by atoms with Crippen LogP contribution in [0.3, 0.4) is 0 Å². The van der Waals surface area contributed by atoms with Crippen molar-refractivity contribution in [3.05, 3.63) is 70.3 Å². The van der Waals surface area contributed by atoms with Crippen LogP contribution in [0.25, 0.3) is 0 Å². The first-order valence-electron chi connectivity index (χ1n) is 9.30. The second kappa shape index (κ2) is 7.92. The zero-order chi connectivity index (χ0) is 19.6. The number of carboxylic acid groups (broad SMARTS) is 1. The maximum absolute atomic E-state index is 12.7. The van der Waals surface area contributed by atoms with E-state index in [-0.39, 0.29) is 11.5 Å². The topological polar surface area (TPSA) is 60.9 Å². The fourth-order valence-electron chi connectivity index (χ4n) is 3.52. The lowest BCUT2D eigenvalue weighted by Gasteiger charge is -2.38. The summed E-state index contributed by atoms with van der Waals surface area (Å²) < 4.78 is 0. The summed E-state index contributed by atoms with van der Waals surface area (Å²) in [6, 6.07) is 13.1. The third-order valence-electron chi connectivity index (χ3n) is 5.52. The first-order valence-corrected chi connectivity index (χ1v) is 9.30. The van der Waals surface area contributed by atoms with Gasteiger partial charge in [0, 0.05) is 37.8 Å². The molecule has 1 fully saturated rings. The first kappa shape index (κ1) is 19.1. The van der Waals surface area contributed by atoms with Gasteiger partial charge in [-0.3, -0.25) is 9.69 Å². The molecule has 0 saturated carbocycles. The molecule has 1 heterocycles. The number of aryl methyl sites for hydroxylation is 2. The molecule has 2 aromatic carbocycles. The Morgan fingerprint density at radius 2 is 1.59 bits per heavy atom. The van der Waals surface area contributed by atoms with Crippen molar-refractivity contribution in [2.24, 2.45) is 0 Å². The molecule has 1 amide bonds. The number of carbonyl (C=O) groups excluding carboxylic acids is 1. The van der Waals surface area contributed by atoms with Gasteiger partial charge in [-0.25, -0.2) is 4.79 Å². The Labute approximate surface area is 160 Å². The summed E-state index contributed by atoms with van der Waals surface area (Å²) in [6.45, 7) is 9.35. The minimum atomic E-state index is -1.02. The lowest BCUT2D eigenvalue weighted by Crippen LogP contribution is -2.49. The summed E-state index contributed by atoms with van der Waals surface area (Å²) >= 11 is 0. The molecule has 0 radical (unpaired) electrons. The van der Waals surface area contributed by atoms with Crippen LogP contribution in [-0.2, 0) is 0 Å². The van der Waals surface area contributed by atoms with E-state index in [1.165, 1.54) is 28.8 Å². The second-order valence-corrected chi connectivity index (χ2v) is 7.23. The molecule has 5 nitrogen and oxygen atoms in total. The molecule has 1 aliphatic rings. The van der Waals surface area contributed by atoms with Crippen LogP contribution < -0.4 is 0 Å². The van der Waals surface area contributed by atoms with Crippen LogP contribution in [0.1, 0.15) is 50.4 Å². The van der Waals surface area contributed by atoms with E-state index in [4.69, 9.17) is 5.11 Å². The molecule has 0 aromatic heterocycles. The lowest BCUT2D eigenvalue weighted by atomic mass is 10.0. The molecule has 142 valence electrons. The van der Waals surface area contributed by atoms with Gasteiger partial charge in [-0.05, 0) is 55.7 Å². The van der Waals surface area contributed by atoms with Crippen LogP contribution in [0.4, 0.5) is 0 Å². The van der Waals surface area contributed by atoms with Crippen LogP contribution in [0.15, 0.2) is 42.5 Å². The summed E-state index contributed by atoms with van der Waals surface area (Å²) in [5, 5.41) is 9.11. The van der Waals surface area contributed by atoms with Crippen molar-refractivity contribution in [2.75, 3.05) is 26.2 Å². The third kappa shape index (κ3) is 4.19. The molecule has 2 aromatic rings. The van der Waals surface area contributed by atoms with E-state index in [9.17, 15) is 9.59 Å². The van der Waals surface area contributed by atoms with E-state index in [2.05, 4.69) is 43.9 Å². The molecule has 0 spiro atoms. The van der Waals surface area contributed by atoms with Gasteiger partial charge in [0.2, 0.25) is 0 Å². The molecule has 1 aliphatic heterocycles. The van der Waals surface area contributed by atoms with Crippen LogP contribution in [0, 0.1) is 13.8 Å². The van der Waals surface area contributed by atoms with Gasteiger partial charge in [-0.1, -0.05) is 24.3 Å². The van der Waals surface area contributed by atoms with E-state index < -0.39 is 5.97 Å². The highest BCUT2D eigenvalue weighted by Crippen LogP contribution is 2.24. The summed E-state index contributed by atoms with van der Waals surface area (Å²) in [5.74, 6) is -1.12. The number of carbonyl (C=O) groups is 2. The molecule has 0 bridgehead atoms. The molecule has 1 N–H and O–H groups in total. The fourth-order valence-corrected chi connectivity index (χ4v) is 3.52. The Bertz CT molecular complexity index is 854. The standard InChI is InChI=1S/C22H26N2O3/c1-15-7-8-18(13-16(15)2)17(3)23-9-11-24(12-10-23)21(25)19-5-4-6-20(14-19)22(26)27/h4-8,13-14,17H,9-12H2,1-3H3,(H,26,27). The monoisotopic (exact) mass is 366 g/mol. The number of rotatable bonds is 4. The van der Waals surface area contributed by atoms with Crippen LogP contribution in [-0.4, -0.2) is 53.0 Å².